The van der Waals surface area contributed by atoms with Crippen LogP contribution in [0.5, 0.6) is 11.5 Å². The molecule has 0 bridgehead atoms. The molecule has 0 aliphatic rings. The summed E-state index contributed by atoms with van der Waals surface area (Å²) in [6, 6.07) is 10.3. The molecule has 0 saturated carbocycles. The first-order valence-corrected chi connectivity index (χ1v) is 9.79. The van der Waals surface area contributed by atoms with Gasteiger partial charge in [-0.3, -0.25) is 4.79 Å². The van der Waals surface area contributed by atoms with E-state index in [9.17, 15) is 20.1 Å². The van der Waals surface area contributed by atoms with Crippen LogP contribution in [0.1, 0.15) is 28.7 Å². The number of hydrogen-bond donors (Lipinski definition) is 3. The molecule has 0 saturated heterocycles. The molecule has 32 heavy (non-hydrogen) atoms. The highest BCUT2D eigenvalue weighted by atomic mass is 16.5. The van der Waals surface area contributed by atoms with Crippen LogP contribution in [0, 0.1) is 12.3 Å². The van der Waals surface area contributed by atoms with Crippen LogP contribution in [-0.2, 0) is 18.0 Å². The molecule has 0 aromatic heterocycles. The van der Waals surface area contributed by atoms with Crippen molar-refractivity contribution in [2.75, 3.05) is 14.2 Å². The summed E-state index contributed by atoms with van der Waals surface area (Å²) in [4.78, 5) is 12.7. The van der Waals surface area contributed by atoms with E-state index in [2.05, 4.69) is 5.92 Å². The predicted molar refractivity (Wildman–Crippen MR) is 124 cm³/mol. The first-order valence-electron chi connectivity index (χ1n) is 9.79. The van der Waals surface area contributed by atoms with Crippen molar-refractivity contribution in [2.45, 2.75) is 19.6 Å². The fraction of sp³-hybridized carbons (Fsp3) is 0.192. The maximum atomic E-state index is 12.7. The van der Waals surface area contributed by atoms with Gasteiger partial charge in [0.25, 0.3) is 0 Å². The van der Waals surface area contributed by atoms with Gasteiger partial charge in [0.1, 0.15) is 5.76 Å². The number of carbonyl (C=O) groups is 1. The topological polar surface area (TPSA) is 96.2 Å². The van der Waals surface area contributed by atoms with Crippen molar-refractivity contribution in [3.05, 3.63) is 82.1 Å². The van der Waals surface area contributed by atoms with Gasteiger partial charge < -0.3 is 24.8 Å². The standard InChI is InChI=1S/C26H26O6/c1-4-5-22(23(29)11-7-18-6-10-20(16-27)21(14-18)17-28)24(30)12-8-19-9-13-25(31-2)26(15-19)32-3/h1,6-15,27-29H,5,16-17H2,2-3H3/b11-7+,12-8+,23-22-. The van der Waals surface area contributed by atoms with Crippen LogP contribution in [0.3, 0.4) is 0 Å². The number of methoxy groups -OCH3 is 2. The Morgan fingerprint density at radius 1 is 0.938 bits per heavy atom. The van der Waals surface area contributed by atoms with Crippen LogP contribution < -0.4 is 9.47 Å². The van der Waals surface area contributed by atoms with Gasteiger partial charge in [-0.2, -0.15) is 0 Å². The van der Waals surface area contributed by atoms with Crippen LogP contribution in [0.25, 0.3) is 12.2 Å². The van der Waals surface area contributed by atoms with E-state index >= 15 is 0 Å². The van der Waals surface area contributed by atoms with Crippen molar-refractivity contribution >= 4 is 17.9 Å². The molecule has 0 fully saturated rings. The number of aliphatic hydroxyl groups excluding tert-OH is 3. The monoisotopic (exact) mass is 434 g/mol. The van der Waals surface area contributed by atoms with Gasteiger partial charge in [-0.25, -0.2) is 0 Å². The summed E-state index contributed by atoms with van der Waals surface area (Å²) in [5.74, 6) is 2.82. The highest BCUT2D eigenvalue weighted by Crippen LogP contribution is 2.28. The van der Waals surface area contributed by atoms with Crippen LogP contribution in [0.4, 0.5) is 0 Å². The maximum absolute atomic E-state index is 12.7. The summed E-state index contributed by atoms with van der Waals surface area (Å²) in [6.45, 7) is -0.403. The average Bonchev–Trinajstić information content (AvgIpc) is 2.83. The molecule has 0 radical (unpaired) electrons. The quantitative estimate of drug-likeness (QED) is 0.228. The lowest BCUT2D eigenvalue weighted by molar-refractivity contribution is -0.111. The number of rotatable bonds is 10. The van der Waals surface area contributed by atoms with Crippen LogP contribution in [0.2, 0.25) is 0 Å². The number of allylic oxidation sites excluding steroid dienone is 3. The Morgan fingerprint density at radius 2 is 1.56 bits per heavy atom. The summed E-state index contributed by atoms with van der Waals surface area (Å²) in [5.41, 5.74) is 2.68. The van der Waals surface area contributed by atoms with Gasteiger partial charge in [0.15, 0.2) is 17.3 Å². The van der Waals surface area contributed by atoms with Gasteiger partial charge in [0.05, 0.1) is 33.0 Å². The first-order chi connectivity index (χ1) is 15.5. The van der Waals surface area contributed by atoms with Crippen molar-refractivity contribution in [3.63, 3.8) is 0 Å². The Bertz CT molecular complexity index is 1090. The molecular weight excluding hydrogens is 408 g/mol. The zero-order chi connectivity index (χ0) is 23.5. The first kappa shape index (κ1) is 24.5. The van der Waals surface area contributed by atoms with Crippen LogP contribution in [-0.4, -0.2) is 35.3 Å². The summed E-state index contributed by atoms with van der Waals surface area (Å²) in [7, 11) is 3.06. The molecule has 6 heteroatoms. The normalized spacial score (nSPS) is 12.0. The molecule has 0 heterocycles. The fourth-order valence-corrected chi connectivity index (χ4v) is 2.96. The number of terminal acetylenes is 1. The Labute approximate surface area is 187 Å². The molecule has 0 spiro atoms. The summed E-state index contributed by atoms with van der Waals surface area (Å²) >= 11 is 0. The Morgan fingerprint density at radius 3 is 2.19 bits per heavy atom. The summed E-state index contributed by atoms with van der Waals surface area (Å²) in [5, 5.41) is 29.2. The lowest BCUT2D eigenvalue weighted by Gasteiger charge is -2.07. The minimum Gasteiger partial charge on any atom is -0.507 e. The zero-order valence-electron chi connectivity index (χ0n) is 18.0. The van der Waals surface area contributed by atoms with Gasteiger partial charge in [-0.15, -0.1) is 12.3 Å². The van der Waals surface area contributed by atoms with E-state index < -0.39 is 5.78 Å². The number of hydrogen-bond acceptors (Lipinski definition) is 6. The molecule has 3 N–H and O–H groups in total. The van der Waals surface area contributed by atoms with E-state index in [4.69, 9.17) is 15.9 Å². The van der Waals surface area contributed by atoms with Crippen LogP contribution in [0.15, 0.2) is 59.9 Å². The second-order valence-corrected chi connectivity index (χ2v) is 6.73. The molecule has 6 nitrogen and oxygen atoms in total. The van der Waals surface area contributed by atoms with Crippen LogP contribution >= 0.6 is 0 Å². The van der Waals surface area contributed by atoms with Gasteiger partial charge in [0, 0.05) is 6.42 Å². The molecule has 2 rings (SSSR count). The van der Waals surface area contributed by atoms with Crippen molar-refractivity contribution in [1.82, 2.24) is 0 Å². The van der Waals surface area contributed by atoms with Gasteiger partial charge in [-0.1, -0.05) is 30.4 Å². The highest BCUT2D eigenvalue weighted by Gasteiger charge is 2.11. The van der Waals surface area contributed by atoms with Gasteiger partial charge >= 0.3 is 0 Å². The second kappa shape index (κ2) is 12.2. The predicted octanol–water partition coefficient (Wildman–Crippen LogP) is 3.82. The van der Waals surface area contributed by atoms with Crippen molar-refractivity contribution in [2.24, 2.45) is 0 Å². The molecule has 0 aliphatic carbocycles. The number of benzene rings is 2. The minimum absolute atomic E-state index is 0.0450. The number of ketones is 1. The Hall–Kier alpha value is -3.79. The zero-order valence-corrected chi connectivity index (χ0v) is 18.0. The Kier molecular flexibility index (Phi) is 9.30. The number of aliphatic hydroxyl groups is 3. The maximum Gasteiger partial charge on any atom is 0.186 e. The van der Waals surface area contributed by atoms with Gasteiger partial charge in [0.2, 0.25) is 0 Å². The van der Waals surface area contributed by atoms with E-state index in [-0.39, 0.29) is 31.0 Å². The number of carbonyl (C=O) groups excluding carboxylic acids is 1. The van der Waals surface area contributed by atoms with E-state index in [1.807, 2.05) is 0 Å². The molecule has 0 aliphatic heterocycles. The van der Waals surface area contributed by atoms with Crippen molar-refractivity contribution < 1.29 is 29.6 Å². The average molecular weight is 434 g/mol. The molecule has 0 amide bonds. The van der Waals surface area contributed by atoms with Crippen molar-refractivity contribution in [3.8, 4) is 23.8 Å². The van der Waals surface area contributed by atoms with E-state index in [0.717, 1.165) is 0 Å². The minimum atomic E-state index is -0.424. The summed E-state index contributed by atoms with van der Waals surface area (Å²) < 4.78 is 10.5. The van der Waals surface area contributed by atoms with E-state index in [0.29, 0.717) is 33.8 Å². The third-order valence-electron chi connectivity index (χ3n) is 4.72. The molecule has 0 unspecified atom stereocenters. The van der Waals surface area contributed by atoms with Crippen molar-refractivity contribution in [1.29, 1.82) is 0 Å². The molecular formula is C26H26O6. The smallest absolute Gasteiger partial charge is 0.186 e. The highest BCUT2D eigenvalue weighted by molar-refractivity contribution is 6.07. The second-order valence-electron chi connectivity index (χ2n) is 6.73. The lowest BCUT2D eigenvalue weighted by atomic mass is 10.0. The Balaban J connectivity index is 2.27. The van der Waals surface area contributed by atoms with Gasteiger partial charge in [-0.05, 0) is 52.6 Å². The lowest BCUT2D eigenvalue weighted by Crippen LogP contribution is -2.02. The fourth-order valence-electron chi connectivity index (χ4n) is 2.96. The summed E-state index contributed by atoms with van der Waals surface area (Å²) in [6.07, 6.45) is 11.2. The molecule has 166 valence electrons. The van der Waals surface area contributed by atoms with E-state index in [1.54, 1.807) is 48.6 Å². The number of ether oxygens (including phenoxy) is 2. The molecule has 2 aromatic carbocycles. The molecule has 0 atom stereocenters. The third-order valence-corrected chi connectivity index (χ3v) is 4.72. The SMILES string of the molecule is C#CC/C(C(=O)/C=C/c1ccc(OC)c(OC)c1)=C(O)\C=C\c1ccc(CO)c(CO)c1. The largest absolute Gasteiger partial charge is 0.507 e. The third kappa shape index (κ3) is 6.35. The van der Waals surface area contributed by atoms with E-state index in [1.165, 1.54) is 26.4 Å². The molecule has 2 aromatic rings.